The molecule has 0 radical (unpaired) electrons. The number of halogens is 1. The van der Waals surface area contributed by atoms with Gasteiger partial charge in [-0.25, -0.2) is 0 Å². The van der Waals surface area contributed by atoms with E-state index in [4.69, 9.17) is 0 Å². The van der Waals surface area contributed by atoms with Crippen LogP contribution in [0.5, 0.6) is 0 Å². The maximum absolute atomic E-state index is 11.7. The molecule has 1 aliphatic heterocycles. The fourth-order valence-electron chi connectivity index (χ4n) is 2.12. The van der Waals surface area contributed by atoms with Crippen LogP contribution in [0.3, 0.4) is 0 Å². The highest BCUT2D eigenvalue weighted by atomic mass is 79.9. The van der Waals surface area contributed by atoms with E-state index >= 15 is 0 Å². The van der Waals surface area contributed by atoms with Crippen molar-refractivity contribution in [2.75, 3.05) is 13.6 Å². The largest absolute Gasteiger partial charge is 0.358 e. The minimum atomic E-state index is 0.0610. The van der Waals surface area contributed by atoms with Crippen LogP contribution in [0.2, 0.25) is 0 Å². The minimum Gasteiger partial charge on any atom is -0.358 e. The second-order valence-corrected chi connectivity index (χ2v) is 6.50. The number of hydrogen-bond acceptors (Lipinski definition) is 3. The molecule has 1 N–H and O–H groups in total. The smallest absolute Gasteiger partial charge is 0.237 e. The molecular formula is C11H15BrN2OS. The van der Waals surface area contributed by atoms with E-state index < -0.39 is 0 Å². The third-order valence-electron chi connectivity index (χ3n) is 2.90. The van der Waals surface area contributed by atoms with Gasteiger partial charge < -0.3 is 5.32 Å². The lowest BCUT2D eigenvalue weighted by atomic mass is 10.2. The van der Waals surface area contributed by atoms with Crippen molar-refractivity contribution in [2.45, 2.75) is 25.4 Å². The summed E-state index contributed by atoms with van der Waals surface area (Å²) >= 11 is 5.20. The van der Waals surface area contributed by atoms with E-state index in [1.807, 2.05) is 0 Å². The van der Waals surface area contributed by atoms with Crippen LogP contribution in [0.25, 0.3) is 0 Å². The SMILES string of the molecule is CNC(=O)C1CCCN1Cc1ccc(Br)s1. The molecule has 1 aliphatic rings. The molecule has 1 atom stereocenters. The van der Waals surface area contributed by atoms with Crippen LogP contribution in [0, 0.1) is 0 Å². The number of nitrogens with one attached hydrogen (secondary N) is 1. The first kappa shape index (κ1) is 12.1. The zero-order valence-electron chi connectivity index (χ0n) is 9.20. The van der Waals surface area contributed by atoms with Crippen LogP contribution in [0.4, 0.5) is 0 Å². The summed E-state index contributed by atoms with van der Waals surface area (Å²) in [6.45, 7) is 1.90. The Bertz CT molecular complexity index is 380. The van der Waals surface area contributed by atoms with Gasteiger partial charge in [-0.1, -0.05) is 0 Å². The van der Waals surface area contributed by atoms with Crippen molar-refractivity contribution in [1.29, 1.82) is 0 Å². The highest BCUT2D eigenvalue weighted by Gasteiger charge is 2.29. The quantitative estimate of drug-likeness (QED) is 0.928. The Morgan fingerprint density at radius 3 is 3.12 bits per heavy atom. The maximum Gasteiger partial charge on any atom is 0.237 e. The highest BCUT2D eigenvalue weighted by Crippen LogP contribution is 2.26. The van der Waals surface area contributed by atoms with E-state index in [0.29, 0.717) is 0 Å². The van der Waals surface area contributed by atoms with Gasteiger partial charge in [-0.2, -0.15) is 0 Å². The van der Waals surface area contributed by atoms with E-state index in [9.17, 15) is 4.79 Å². The van der Waals surface area contributed by atoms with Gasteiger partial charge in [0, 0.05) is 18.5 Å². The second kappa shape index (κ2) is 5.29. The molecule has 0 aromatic carbocycles. The number of carbonyl (C=O) groups excluding carboxylic acids is 1. The Kier molecular flexibility index (Phi) is 4.00. The fourth-order valence-corrected chi connectivity index (χ4v) is 3.62. The summed E-state index contributed by atoms with van der Waals surface area (Å²) in [5, 5.41) is 2.74. The van der Waals surface area contributed by atoms with Gasteiger partial charge in [0.05, 0.1) is 9.83 Å². The van der Waals surface area contributed by atoms with Crippen LogP contribution in [-0.2, 0) is 11.3 Å². The van der Waals surface area contributed by atoms with Crippen LogP contribution >= 0.6 is 27.3 Å². The predicted molar refractivity (Wildman–Crippen MR) is 69.5 cm³/mol. The van der Waals surface area contributed by atoms with Gasteiger partial charge >= 0.3 is 0 Å². The Labute approximate surface area is 108 Å². The summed E-state index contributed by atoms with van der Waals surface area (Å²) in [5.74, 6) is 0.146. The molecule has 1 amide bonds. The predicted octanol–water partition coefficient (Wildman–Crippen LogP) is 2.22. The van der Waals surface area contributed by atoms with Gasteiger partial charge in [-0.15, -0.1) is 11.3 Å². The van der Waals surface area contributed by atoms with Crippen molar-refractivity contribution in [3.63, 3.8) is 0 Å². The van der Waals surface area contributed by atoms with Gasteiger partial charge in [0.25, 0.3) is 0 Å². The second-order valence-electron chi connectivity index (χ2n) is 3.95. The molecule has 3 nitrogen and oxygen atoms in total. The normalized spacial score (nSPS) is 21.2. The van der Waals surface area contributed by atoms with Crippen molar-refractivity contribution in [1.82, 2.24) is 10.2 Å². The molecule has 1 aromatic rings. The number of hydrogen-bond donors (Lipinski definition) is 1. The van der Waals surface area contributed by atoms with Crippen molar-refractivity contribution >= 4 is 33.2 Å². The van der Waals surface area contributed by atoms with Gasteiger partial charge in [0.15, 0.2) is 0 Å². The highest BCUT2D eigenvalue weighted by molar-refractivity contribution is 9.11. The molecule has 16 heavy (non-hydrogen) atoms. The van der Waals surface area contributed by atoms with Crippen LogP contribution in [-0.4, -0.2) is 30.4 Å². The van der Waals surface area contributed by atoms with Crippen molar-refractivity contribution < 1.29 is 4.79 Å². The van der Waals surface area contributed by atoms with Crippen LogP contribution in [0.15, 0.2) is 15.9 Å². The van der Waals surface area contributed by atoms with Gasteiger partial charge in [0.1, 0.15) is 0 Å². The first-order valence-electron chi connectivity index (χ1n) is 5.40. The molecule has 1 fully saturated rings. The monoisotopic (exact) mass is 302 g/mol. The van der Waals surface area contributed by atoms with Gasteiger partial charge in [-0.3, -0.25) is 9.69 Å². The van der Waals surface area contributed by atoms with Gasteiger partial charge in [-0.05, 0) is 47.4 Å². The van der Waals surface area contributed by atoms with E-state index in [0.717, 1.165) is 29.7 Å². The Morgan fingerprint density at radius 1 is 1.69 bits per heavy atom. The lowest BCUT2D eigenvalue weighted by Crippen LogP contribution is -2.41. The molecule has 2 heterocycles. The van der Waals surface area contributed by atoms with E-state index in [1.54, 1.807) is 18.4 Å². The summed E-state index contributed by atoms with van der Waals surface area (Å²) in [6.07, 6.45) is 2.09. The summed E-state index contributed by atoms with van der Waals surface area (Å²) in [6, 6.07) is 4.24. The first-order valence-corrected chi connectivity index (χ1v) is 7.01. The van der Waals surface area contributed by atoms with Crippen molar-refractivity contribution in [3.05, 3.63) is 20.8 Å². The Morgan fingerprint density at radius 2 is 2.50 bits per heavy atom. The molecule has 0 bridgehead atoms. The number of likely N-dealkylation sites (tertiary alicyclic amines) is 1. The van der Waals surface area contributed by atoms with Crippen LogP contribution in [0.1, 0.15) is 17.7 Å². The minimum absolute atomic E-state index is 0.0610. The lowest BCUT2D eigenvalue weighted by molar-refractivity contribution is -0.125. The van der Waals surface area contributed by atoms with Crippen molar-refractivity contribution in [3.8, 4) is 0 Å². The average molecular weight is 303 g/mol. The third kappa shape index (κ3) is 2.64. The molecule has 0 spiro atoms. The van der Waals surface area contributed by atoms with E-state index in [1.165, 1.54) is 4.88 Å². The molecule has 1 saturated heterocycles. The number of thiophene rings is 1. The molecular weight excluding hydrogens is 288 g/mol. The zero-order valence-corrected chi connectivity index (χ0v) is 11.6. The number of carbonyl (C=O) groups is 1. The first-order chi connectivity index (χ1) is 7.70. The summed E-state index contributed by atoms with van der Waals surface area (Å²) in [5.41, 5.74) is 0. The number of rotatable bonds is 3. The lowest BCUT2D eigenvalue weighted by Gasteiger charge is -2.22. The van der Waals surface area contributed by atoms with E-state index in [2.05, 4.69) is 38.3 Å². The zero-order chi connectivity index (χ0) is 11.5. The topological polar surface area (TPSA) is 32.3 Å². The summed E-state index contributed by atoms with van der Waals surface area (Å²) in [4.78, 5) is 15.2. The molecule has 5 heteroatoms. The summed E-state index contributed by atoms with van der Waals surface area (Å²) < 4.78 is 1.15. The van der Waals surface area contributed by atoms with Crippen molar-refractivity contribution in [2.24, 2.45) is 0 Å². The molecule has 1 unspecified atom stereocenters. The molecule has 2 rings (SSSR count). The Balaban J connectivity index is 2.01. The molecule has 1 aromatic heterocycles. The van der Waals surface area contributed by atoms with E-state index in [-0.39, 0.29) is 11.9 Å². The molecule has 88 valence electrons. The van der Waals surface area contributed by atoms with Crippen LogP contribution < -0.4 is 5.32 Å². The number of nitrogens with zero attached hydrogens (tertiary/aromatic N) is 1. The number of amides is 1. The number of likely N-dealkylation sites (N-methyl/N-ethyl adjacent to an activating group) is 1. The molecule has 0 aliphatic carbocycles. The molecule has 0 saturated carbocycles. The standard InChI is InChI=1S/C11H15BrN2OS/c1-13-11(15)9-3-2-6-14(9)7-8-4-5-10(12)16-8/h4-5,9H,2-3,6-7H2,1H3,(H,13,15). The maximum atomic E-state index is 11.7. The Hall–Kier alpha value is -0.390. The van der Waals surface area contributed by atoms with Gasteiger partial charge in [0.2, 0.25) is 5.91 Å². The summed E-state index contributed by atoms with van der Waals surface area (Å²) in [7, 11) is 1.71. The third-order valence-corrected chi connectivity index (χ3v) is 4.51. The average Bonchev–Trinajstić information content (AvgIpc) is 2.87. The fraction of sp³-hybridized carbons (Fsp3) is 0.545.